The fourth-order valence-electron chi connectivity index (χ4n) is 1.63. The number of nitrogens with zero attached hydrogens (tertiary/aromatic N) is 1. The summed E-state index contributed by atoms with van der Waals surface area (Å²) in [5.41, 5.74) is 0.868. The number of aromatic nitrogens is 1. The van der Waals surface area contributed by atoms with Gasteiger partial charge in [-0.15, -0.1) is 0 Å². The van der Waals surface area contributed by atoms with Gasteiger partial charge in [-0.05, 0) is 29.8 Å². The van der Waals surface area contributed by atoms with Crippen LogP contribution in [0.5, 0.6) is 5.75 Å². The summed E-state index contributed by atoms with van der Waals surface area (Å²) >= 11 is 0. The third-order valence-corrected chi connectivity index (χ3v) is 2.55. The smallest absolute Gasteiger partial charge is 0.255 e. The number of benzene rings is 1. The van der Waals surface area contributed by atoms with E-state index in [4.69, 9.17) is 0 Å². The van der Waals surface area contributed by atoms with E-state index in [2.05, 4.69) is 5.32 Å². The van der Waals surface area contributed by atoms with Crippen molar-refractivity contribution >= 4 is 5.91 Å². The minimum absolute atomic E-state index is 0.0640. The number of aromatic hydroxyl groups is 1. The van der Waals surface area contributed by atoms with Crippen molar-refractivity contribution in [3.8, 4) is 5.75 Å². The Morgan fingerprint density at radius 2 is 2.22 bits per heavy atom. The average Bonchev–Trinajstić information content (AvgIpc) is 2.75. The molecule has 0 saturated carbocycles. The Morgan fingerprint density at radius 1 is 1.44 bits per heavy atom. The predicted octanol–water partition coefficient (Wildman–Crippen LogP) is 1.80. The van der Waals surface area contributed by atoms with Gasteiger partial charge in [-0.3, -0.25) is 4.79 Å². The molecular weight excluding hydrogens is 235 g/mol. The van der Waals surface area contributed by atoms with Gasteiger partial charge in [-0.2, -0.15) is 0 Å². The number of aryl methyl sites for hydroxylation is 1. The number of hydrogen-bond donors (Lipinski definition) is 2. The topological polar surface area (TPSA) is 54.3 Å². The van der Waals surface area contributed by atoms with E-state index in [-0.39, 0.29) is 11.3 Å². The summed E-state index contributed by atoms with van der Waals surface area (Å²) < 4.78 is 14.8. The minimum Gasteiger partial charge on any atom is -0.507 e. The van der Waals surface area contributed by atoms with Crippen molar-refractivity contribution in [2.75, 3.05) is 0 Å². The maximum absolute atomic E-state index is 13.0. The monoisotopic (exact) mass is 248 g/mol. The molecule has 0 aliphatic heterocycles. The van der Waals surface area contributed by atoms with Crippen LogP contribution >= 0.6 is 0 Å². The molecule has 1 aromatic carbocycles. The molecule has 0 fully saturated rings. The third kappa shape index (κ3) is 2.68. The fourth-order valence-corrected chi connectivity index (χ4v) is 1.63. The van der Waals surface area contributed by atoms with Gasteiger partial charge < -0.3 is 15.0 Å². The van der Waals surface area contributed by atoms with Gasteiger partial charge >= 0.3 is 0 Å². The number of nitrogens with one attached hydrogen (secondary N) is 1. The van der Waals surface area contributed by atoms with E-state index in [0.29, 0.717) is 6.54 Å². The van der Waals surface area contributed by atoms with Crippen LogP contribution in [0.25, 0.3) is 0 Å². The summed E-state index contributed by atoms with van der Waals surface area (Å²) in [7, 11) is 1.88. The molecule has 0 unspecified atom stereocenters. The molecule has 0 aliphatic rings. The van der Waals surface area contributed by atoms with E-state index < -0.39 is 11.7 Å². The molecule has 0 aliphatic carbocycles. The first kappa shape index (κ1) is 12.2. The Kier molecular flexibility index (Phi) is 3.32. The van der Waals surface area contributed by atoms with Gasteiger partial charge in [0.1, 0.15) is 11.6 Å². The summed E-state index contributed by atoms with van der Waals surface area (Å²) in [6.07, 6.45) is 3.73. The lowest BCUT2D eigenvalue weighted by molar-refractivity contribution is 0.0947. The molecule has 5 heteroatoms. The van der Waals surface area contributed by atoms with E-state index in [9.17, 15) is 14.3 Å². The molecule has 0 bridgehead atoms. The van der Waals surface area contributed by atoms with Gasteiger partial charge in [0.2, 0.25) is 0 Å². The van der Waals surface area contributed by atoms with Crippen molar-refractivity contribution in [1.29, 1.82) is 0 Å². The number of rotatable bonds is 3. The normalized spacial score (nSPS) is 10.3. The van der Waals surface area contributed by atoms with Crippen LogP contribution in [0.2, 0.25) is 0 Å². The number of phenols is 1. The van der Waals surface area contributed by atoms with E-state index in [1.807, 2.05) is 30.1 Å². The Hall–Kier alpha value is -2.30. The molecule has 2 N–H and O–H groups in total. The maximum atomic E-state index is 13.0. The molecule has 2 aromatic rings. The SMILES string of the molecule is Cn1ccc(CNC(=O)c2cc(F)ccc2O)c1. The summed E-state index contributed by atoms with van der Waals surface area (Å²) in [5, 5.41) is 12.1. The second-order valence-electron chi connectivity index (χ2n) is 4.03. The van der Waals surface area contributed by atoms with Crippen LogP contribution in [0, 0.1) is 5.82 Å². The van der Waals surface area contributed by atoms with Crippen LogP contribution < -0.4 is 5.32 Å². The highest BCUT2D eigenvalue weighted by molar-refractivity contribution is 5.96. The van der Waals surface area contributed by atoms with E-state index in [0.717, 1.165) is 23.8 Å². The second kappa shape index (κ2) is 4.91. The van der Waals surface area contributed by atoms with Gasteiger partial charge in [0.15, 0.2) is 0 Å². The Morgan fingerprint density at radius 3 is 2.89 bits per heavy atom. The molecule has 2 rings (SSSR count). The average molecular weight is 248 g/mol. The standard InChI is InChI=1S/C13H13FN2O2/c1-16-5-4-9(8-16)7-15-13(18)11-6-10(14)2-3-12(11)17/h2-6,8,17H,7H2,1H3,(H,15,18). The summed E-state index contributed by atoms with van der Waals surface area (Å²) in [5.74, 6) is -1.30. The molecular formula is C13H13FN2O2. The summed E-state index contributed by atoms with van der Waals surface area (Å²) in [6, 6.07) is 5.14. The number of carbonyl (C=O) groups excluding carboxylic acids is 1. The van der Waals surface area contributed by atoms with Gasteiger partial charge in [0.05, 0.1) is 5.56 Å². The highest BCUT2D eigenvalue weighted by Gasteiger charge is 2.11. The molecule has 1 aromatic heterocycles. The molecule has 0 saturated heterocycles. The van der Waals surface area contributed by atoms with Crippen molar-refractivity contribution in [3.05, 3.63) is 53.6 Å². The van der Waals surface area contributed by atoms with Crippen molar-refractivity contribution in [3.63, 3.8) is 0 Å². The Balaban J connectivity index is 2.05. The van der Waals surface area contributed by atoms with Gasteiger partial charge in [0.25, 0.3) is 5.91 Å². The molecule has 94 valence electrons. The van der Waals surface area contributed by atoms with Gasteiger partial charge in [-0.25, -0.2) is 4.39 Å². The second-order valence-corrected chi connectivity index (χ2v) is 4.03. The quantitative estimate of drug-likeness (QED) is 0.870. The molecule has 1 amide bonds. The van der Waals surface area contributed by atoms with Crippen molar-refractivity contribution in [2.45, 2.75) is 6.54 Å². The largest absolute Gasteiger partial charge is 0.507 e. The zero-order valence-electron chi connectivity index (χ0n) is 9.85. The first-order chi connectivity index (χ1) is 8.56. The summed E-state index contributed by atoms with van der Waals surface area (Å²) in [4.78, 5) is 11.8. The Labute approximate surface area is 104 Å². The fraction of sp³-hybridized carbons (Fsp3) is 0.154. The minimum atomic E-state index is -0.558. The van der Waals surface area contributed by atoms with Crippen LogP contribution in [-0.2, 0) is 13.6 Å². The van der Waals surface area contributed by atoms with Crippen LogP contribution in [-0.4, -0.2) is 15.6 Å². The number of phenolic OH excluding ortho intramolecular Hbond substituents is 1. The zero-order chi connectivity index (χ0) is 13.1. The molecule has 0 radical (unpaired) electrons. The first-order valence-electron chi connectivity index (χ1n) is 5.44. The van der Waals surface area contributed by atoms with E-state index in [1.54, 1.807) is 0 Å². The maximum Gasteiger partial charge on any atom is 0.255 e. The van der Waals surface area contributed by atoms with Crippen molar-refractivity contribution in [2.24, 2.45) is 7.05 Å². The van der Waals surface area contributed by atoms with Crippen LogP contribution in [0.4, 0.5) is 4.39 Å². The first-order valence-corrected chi connectivity index (χ1v) is 5.44. The number of amides is 1. The lowest BCUT2D eigenvalue weighted by atomic mass is 10.2. The Bertz CT molecular complexity index is 578. The number of hydrogen-bond acceptors (Lipinski definition) is 2. The molecule has 18 heavy (non-hydrogen) atoms. The van der Waals surface area contributed by atoms with Crippen molar-refractivity contribution in [1.82, 2.24) is 9.88 Å². The van der Waals surface area contributed by atoms with Crippen LogP contribution in [0.1, 0.15) is 15.9 Å². The van der Waals surface area contributed by atoms with Gasteiger partial charge in [-0.1, -0.05) is 0 Å². The third-order valence-electron chi connectivity index (χ3n) is 2.55. The lowest BCUT2D eigenvalue weighted by Crippen LogP contribution is -2.22. The summed E-state index contributed by atoms with van der Waals surface area (Å²) in [6.45, 7) is 0.329. The highest BCUT2D eigenvalue weighted by atomic mass is 19.1. The molecule has 0 atom stereocenters. The lowest BCUT2D eigenvalue weighted by Gasteiger charge is -2.06. The molecule has 4 nitrogen and oxygen atoms in total. The van der Waals surface area contributed by atoms with E-state index in [1.165, 1.54) is 0 Å². The number of halogens is 1. The van der Waals surface area contributed by atoms with E-state index >= 15 is 0 Å². The van der Waals surface area contributed by atoms with Crippen molar-refractivity contribution < 1.29 is 14.3 Å². The highest BCUT2D eigenvalue weighted by Crippen LogP contribution is 2.17. The van der Waals surface area contributed by atoms with Crippen LogP contribution in [0.3, 0.4) is 0 Å². The predicted molar refractivity (Wildman–Crippen MR) is 64.6 cm³/mol. The zero-order valence-corrected chi connectivity index (χ0v) is 9.85. The molecule has 1 heterocycles. The number of carbonyl (C=O) groups is 1. The molecule has 0 spiro atoms. The van der Waals surface area contributed by atoms with Crippen LogP contribution in [0.15, 0.2) is 36.7 Å². The van der Waals surface area contributed by atoms with Gasteiger partial charge in [0, 0.05) is 26.0 Å².